The van der Waals surface area contributed by atoms with E-state index in [-0.39, 0.29) is 17.6 Å². The van der Waals surface area contributed by atoms with Crippen molar-refractivity contribution in [3.63, 3.8) is 0 Å². The molecule has 1 aromatic carbocycles. The van der Waals surface area contributed by atoms with Gasteiger partial charge < -0.3 is 9.42 Å². The van der Waals surface area contributed by atoms with Crippen LogP contribution in [0.1, 0.15) is 29.5 Å². The van der Waals surface area contributed by atoms with Gasteiger partial charge in [0.2, 0.25) is 17.6 Å². The van der Waals surface area contributed by atoms with Crippen LogP contribution in [0.2, 0.25) is 0 Å². The number of piperidine rings is 1. The van der Waals surface area contributed by atoms with Gasteiger partial charge in [-0.05, 0) is 48.6 Å². The quantitative estimate of drug-likeness (QED) is 0.698. The Labute approximate surface area is 154 Å². The molecule has 1 unspecified atom stereocenters. The van der Waals surface area contributed by atoms with Crippen LogP contribution in [-0.2, 0) is 11.2 Å². The third kappa shape index (κ3) is 3.67. The molecular formula is C19H18FN3O2S. The Morgan fingerprint density at radius 3 is 2.92 bits per heavy atom. The van der Waals surface area contributed by atoms with Crippen LogP contribution >= 0.6 is 11.3 Å². The third-order valence-electron chi connectivity index (χ3n) is 4.57. The number of carbonyl (C=O) groups excluding carboxylic acids is 1. The maximum atomic E-state index is 13.1. The zero-order valence-electron chi connectivity index (χ0n) is 14.1. The van der Waals surface area contributed by atoms with Crippen molar-refractivity contribution in [3.05, 3.63) is 58.4 Å². The average Bonchev–Trinajstić information content (AvgIpc) is 3.34. The second kappa shape index (κ2) is 7.37. The standard InChI is InChI=1S/C19H18FN3O2S/c20-15-7-5-13(6-8-15)18-21-19(25-22-18)14-3-1-9-23(12-14)17(24)11-16-4-2-10-26-16/h2,4-8,10,14H,1,3,9,11-12H2. The predicted molar refractivity (Wildman–Crippen MR) is 96.3 cm³/mol. The van der Waals surface area contributed by atoms with E-state index in [1.807, 2.05) is 22.4 Å². The normalized spacial score (nSPS) is 17.4. The van der Waals surface area contributed by atoms with Crippen molar-refractivity contribution < 1.29 is 13.7 Å². The molecule has 26 heavy (non-hydrogen) atoms. The van der Waals surface area contributed by atoms with Gasteiger partial charge in [0.25, 0.3) is 0 Å². The SMILES string of the molecule is O=C(Cc1cccs1)N1CCCC(c2nc(-c3ccc(F)cc3)no2)C1. The van der Waals surface area contributed by atoms with Gasteiger partial charge in [0.05, 0.1) is 12.3 Å². The minimum Gasteiger partial charge on any atom is -0.342 e. The van der Waals surface area contributed by atoms with Gasteiger partial charge in [-0.1, -0.05) is 11.2 Å². The summed E-state index contributed by atoms with van der Waals surface area (Å²) in [6.07, 6.45) is 2.26. The summed E-state index contributed by atoms with van der Waals surface area (Å²) in [5, 5.41) is 5.99. The summed E-state index contributed by atoms with van der Waals surface area (Å²) in [5.41, 5.74) is 0.711. The fraction of sp³-hybridized carbons (Fsp3) is 0.316. The fourth-order valence-electron chi connectivity index (χ4n) is 3.20. The van der Waals surface area contributed by atoms with E-state index in [9.17, 15) is 9.18 Å². The van der Waals surface area contributed by atoms with Crippen molar-refractivity contribution in [2.45, 2.75) is 25.2 Å². The molecule has 1 atom stereocenters. The highest BCUT2D eigenvalue weighted by atomic mass is 32.1. The molecule has 0 spiro atoms. The highest BCUT2D eigenvalue weighted by Gasteiger charge is 2.28. The predicted octanol–water partition coefficient (Wildman–Crippen LogP) is 3.89. The summed E-state index contributed by atoms with van der Waals surface area (Å²) in [5.74, 6) is 0.859. The average molecular weight is 371 g/mol. The minimum absolute atomic E-state index is 0.0396. The van der Waals surface area contributed by atoms with E-state index < -0.39 is 0 Å². The van der Waals surface area contributed by atoms with Crippen LogP contribution in [0, 0.1) is 5.82 Å². The lowest BCUT2D eigenvalue weighted by atomic mass is 9.97. The first kappa shape index (κ1) is 16.9. The molecule has 1 fully saturated rings. The van der Waals surface area contributed by atoms with Gasteiger partial charge >= 0.3 is 0 Å². The molecule has 0 N–H and O–H groups in total. The molecule has 1 aliphatic heterocycles. The van der Waals surface area contributed by atoms with Gasteiger partial charge in [-0.3, -0.25) is 4.79 Å². The molecule has 2 aromatic heterocycles. The molecule has 4 rings (SSSR count). The number of amides is 1. The van der Waals surface area contributed by atoms with Crippen LogP contribution in [0.15, 0.2) is 46.3 Å². The third-order valence-corrected chi connectivity index (χ3v) is 5.45. The van der Waals surface area contributed by atoms with Gasteiger partial charge in [0, 0.05) is 23.5 Å². The summed E-state index contributed by atoms with van der Waals surface area (Å²) in [6.45, 7) is 1.36. The summed E-state index contributed by atoms with van der Waals surface area (Å²) in [7, 11) is 0. The van der Waals surface area contributed by atoms with E-state index in [4.69, 9.17) is 4.52 Å². The summed E-state index contributed by atoms with van der Waals surface area (Å²) in [4.78, 5) is 20.0. The number of halogens is 1. The lowest BCUT2D eigenvalue weighted by Crippen LogP contribution is -2.39. The first-order chi connectivity index (χ1) is 12.7. The molecule has 3 heterocycles. The highest BCUT2D eigenvalue weighted by molar-refractivity contribution is 7.10. The van der Waals surface area contributed by atoms with Crippen molar-refractivity contribution in [1.29, 1.82) is 0 Å². The molecule has 1 aliphatic rings. The molecule has 0 aliphatic carbocycles. The number of rotatable bonds is 4. The minimum atomic E-state index is -0.301. The van der Waals surface area contributed by atoms with Crippen LogP contribution in [0.5, 0.6) is 0 Å². The van der Waals surface area contributed by atoms with Gasteiger partial charge in [-0.15, -0.1) is 11.3 Å². The molecule has 0 bridgehead atoms. The van der Waals surface area contributed by atoms with E-state index in [0.29, 0.717) is 30.2 Å². The van der Waals surface area contributed by atoms with Crippen LogP contribution in [0.3, 0.4) is 0 Å². The van der Waals surface area contributed by atoms with Crippen molar-refractivity contribution in [1.82, 2.24) is 15.0 Å². The van der Waals surface area contributed by atoms with Crippen molar-refractivity contribution in [3.8, 4) is 11.4 Å². The van der Waals surface area contributed by atoms with E-state index in [1.54, 1.807) is 23.5 Å². The Morgan fingerprint density at radius 2 is 2.15 bits per heavy atom. The number of hydrogen-bond acceptors (Lipinski definition) is 5. The summed E-state index contributed by atoms with van der Waals surface area (Å²) >= 11 is 1.60. The Hall–Kier alpha value is -2.54. The topological polar surface area (TPSA) is 59.2 Å². The maximum absolute atomic E-state index is 13.1. The van der Waals surface area contributed by atoms with E-state index >= 15 is 0 Å². The Kier molecular flexibility index (Phi) is 4.79. The summed E-state index contributed by atoms with van der Waals surface area (Å²) in [6, 6.07) is 9.94. The lowest BCUT2D eigenvalue weighted by Gasteiger charge is -2.31. The molecular weight excluding hydrogens is 353 g/mol. The zero-order chi connectivity index (χ0) is 17.9. The Balaban J connectivity index is 1.44. The van der Waals surface area contributed by atoms with Crippen LogP contribution in [-0.4, -0.2) is 34.0 Å². The van der Waals surface area contributed by atoms with Crippen LogP contribution in [0.25, 0.3) is 11.4 Å². The molecule has 0 saturated carbocycles. The maximum Gasteiger partial charge on any atom is 0.231 e. The van der Waals surface area contributed by atoms with Crippen molar-refractivity contribution in [2.75, 3.05) is 13.1 Å². The van der Waals surface area contributed by atoms with Crippen molar-refractivity contribution in [2.24, 2.45) is 0 Å². The monoisotopic (exact) mass is 371 g/mol. The van der Waals surface area contributed by atoms with E-state index in [2.05, 4.69) is 10.1 Å². The lowest BCUT2D eigenvalue weighted by molar-refractivity contribution is -0.131. The molecule has 1 amide bonds. The Bertz CT molecular complexity index is 877. The number of benzene rings is 1. The van der Waals surface area contributed by atoms with Gasteiger partial charge in [0.15, 0.2) is 0 Å². The number of nitrogens with zero attached hydrogens (tertiary/aromatic N) is 3. The molecule has 5 nitrogen and oxygen atoms in total. The van der Waals surface area contributed by atoms with Crippen LogP contribution in [0.4, 0.5) is 4.39 Å². The van der Waals surface area contributed by atoms with Gasteiger partial charge in [-0.25, -0.2) is 4.39 Å². The molecule has 1 saturated heterocycles. The van der Waals surface area contributed by atoms with Gasteiger partial charge in [-0.2, -0.15) is 4.98 Å². The second-order valence-corrected chi connectivity index (χ2v) is 7.43. The molecule has 7 heteroatoms. The van der Waals surface area contributed by atoms with Crippen molar-refractivity contribution >= 4 is 17.2 Å². The van der Waals surface area contributed by atoms with Gasteiger partial charge in [0.1, 0.15) is 5.82 Å². The van der Waals surface area contributed by atoms with E-state index in [0.717, 1.165) is 24.3 Å². The second-order valence-electron chi connectivity index (χ2n) is 6.40. The molecule has 134 valence electrons. The zero-order valence-corrected chi connectivity index (χ0v) is 14.9. The number of hydrogen-bond donors (Lipinski definition) is 0. The number of likely N-dealkylation sites (tertiary alicyclic amines) is 1. The first-order valence-corrected chi connectivity index (χ1v) is 9.47. The number of carbonyl (C=O) groups is 1. The molecule has 3 aromatic rings. The fourth-order valence-corrected chi connectivity index (χ4v) is 3.89. The smallest absolute Gasteiger partial charge is 0.231 e. The van der Waals surface area contributed by atoms with Crippen LogP contribution < -0.4 is 0 Å². The highest BCUT2D eigenvalue weighted by Crippen LogP contribution is 2.28. The summed E-state index contributed by atoms with van der Waals surface area (Å²) < 4.78 is 18.5. The number of aromatic nitrogens is 2. The largest absolute Gasteiger partial charge is 0.342 e. The molecule has 0 radical (unpaired) electrons. The first-order valence-electron chi connectivity index (χ1n) is 8.59. The number of thiophene rings is 1. The van der Waals surface area contributed by atoms with E-state index in [1.165, 1.54) is 12.1 Å². The Morgan fingerprint density at radius 1 is 1.31 bits per heavy atom.